The maximum absolute atomic E-state index is 13.0. The number of benzene rings is 3. The van der Waals surface area contributed by atoms with Crippen molar-refractivity contribution in [2.45, 2.75) is 13.8 Å². The van der Waals surface area contributed by atoms with Crippen molar-refractivity contribution in [2.75, 3.05) is 19.0 Å². The molecule has 1 fully saturated rings. The zero-order valence-electron chi connectivity index (χ0n) is 22.2. The van der Waals surface area contributed by atoms with Gasteiger partial charge in [-0.2, -0.15) is 0 Å². The van der Waals surface area contributed by atoms with Crippen LogP contribution in [0.2, 0.25) is 0 Å². The van der Waals surface area contributed by atoms with Gasteiger partial charge in [0.2, 0.25) is 5.91 Å². The number of carbonyl (C=O) groups excluding carboxylic acids is 3. The van der Waals surface area contributed by atoms with Crippen molar-refractivity contribution in [3.63, 3.8) is 0 Å². The average molecular weight is 554 g/mol. The Labute approximate surface area is 236 Å². The fourth-order valence-electron chi connectivity index (χ4n) is 4.42. The molecule has 0 bridgehead atoms. The van der Waals surface area contributed by atoms with E-state index in [9.17, 15) is 14.4 Å². The quantitative estimate of drug-likeness (QED) is 0.248. The first-order valence-corrected chi connectivity index (χ1v) is 13.4. The molecule has 1 N–H and O–H groups in total. The third-order valence-corrected chi connectivity index (χ3v) is 7.29. The van der Waals surface area contributed by atoms with Gasteiger partial charge in [-0.15, -0.1) is 0 Å². The number of nitrogens with zero attached hydrogens (tertiary/aromatic N) is 2. The number of amides is 3. The first-order valence-electron chi connectivity index (χ1n) is 12.5. The molecule has 0 spiro atoms. The van der Waals surface area contributed by atoms with Crippen molar-refractivity contribution >= 4 is 40.6 Å². The van der Waals surface area contributed by atoms with Gasteiger partial charge in [0.25, 0.3) is 11.1 Å². The summed E-state index contributed by atoms with van der Waals surface area (Å²) >= 11 is 0.835. The highest BCUT2D eigenvalue weighted by atomic mass is 32.2. The summed E-state index contributed by atoms with van der Waals surface area (Å²) in [6, 6.07) is 25.9. The van der Waals surface area contributed by atoms with Crippen molar-refractivity contribution in [3.8, 4) is 22.9 Å². The van der Waals surface area contributed by atoms with Crippen LogP contribution in [0.3, 0.4) is 0 Å². The maximum atomic E-state index is 13.0. The van der Waals surface area contributed by atoms with Crippen LogP contribution in [-0.2, 0) is 9.59 Å². The van der Waals surface area contributed by atoms with Crippen molar-refractivity contribution < 1.29 is 23.9 Å². The van der Waals surface area contributed by atoms with Crippen LogP contribution in [-0.4, -0.2) is 40.2 Å². The Morgan fingerprint density at radius 1 is 0.900 bits per heavy atom. The Morgan fingerprint density at radius 2 is 1.52 bits per heavy atom. The van der Waals surface area contributed by atoms with Crippen LogP contribution < -0.4 is 14.8 Å². The predicted octanol–water partition coefficient (Wildman–Crippen LogP) is 6.57. The lowest BCUT2D eigenvalue weighted by Gasteiger charge is -2.12. The van der Waals surface area contributed by atoms with E-state index in [0.29, 0.717) is 17.2 Å². The molecule has 0 aliphatic carbocycles. The Hall–Kier alpha value is -4.76. The summed E-state index contributed by atoms with van der Waals surface area (Å²) in [5.41, 5.74) is 4.23. The molecule has 40 heavy (non-hydrogen) atoms. The predicted molar refractivity (Wildman–Crippen MR) is 156 cm³/mol. The van der Waals surface area contributed by atoms with Crippen LogP contribution in [0.5, 0.6) is 17.2 Å². The number of aromatic nitrogens is 1. The summed E-state index contributed by atoms with van der Waals surface area (Å²) < 4.78 is 13.2. The van der Waals surface area contributed by atoms with Gasteiger partial charge in [0.1, 0.15) is 23.8 Å². The van der Waals surface area contributed by atoms with Crippen molar-refractivity contribution in [2.24, 2.45) is 0 Å². The molecular weight excluding hydrogens is 526 g/mol. The molecule has 0 atom stereocenters. The van der Waals surface area contributed by atoms with E-state index in [1.165, 1.54) is 0 Å². The SMILES string of the molecule is COc1ccc(Oc2ccc(-n3c(C)cc(/C=C4\SC(=O)N(CC(=O)Nc5ccccc5)C4=O)c3C)cc2)cc1. The Kier molecular flexibility index (Phi) is 7.75. The fraction of sp³-hybridized carbons (Fsp3) is 0.129. The zero-order chi connectivity index (χ0) is 28.2. The smallest absolute Gasteiger partial charge is 0.294 e. The van der Waals surface area contributed by atoms with Gasteiger partial charge in [0.05, 0.1) is 12.0 Å². The van der Waals surface area contributed by atoms with E-state index in [-0.39, 0.29) is 11.4 Å². The lowest BCUT2D eigenvalue weighted by molar-refractivity contribution is -0.127. The molecule has 0 saturated carbocycles. The number of hydrogen-bond donors (Lipinski definition) is 1. The van der Waals surface area contributed by atoms with E-state index in [2.05, 4.69) is 9.88 Å². The van der Waals surface area contributed by atoms with Crippen LogP contribution in [0.1, 0.15) is 17.0 Å². The second-order valence-corrected chi connectivity index (χ2v) is 10.1. The van der Waals surface area contributed by atoms with Crippen molar-refractivity contribution in [3.05, 3.63) is 107 Å². The molecule has 0 unspecified atom stereocenters. The maximum Gasteiger partial charge on any atom is 0.294 e. The summed E-state index contributed by atoms with van der Waals surface area (Å²) in [6.45, 7) is 3.59. The number of hydrogen-bond acceptors (Lipinski definition) is 6. The largest absolute Gasteiger partial charge is 0.497 e. The summed E-state index contributed by atoms with van der Waals surface area (Å²) in [4.78, 5) is 39.3. The monoisotopic (exact) mass is 553 g/mol. The molecule has 8 nitrogen and oxygen atoms in total. The van der Waals surface area contributed by atoms with E-state index in [0.717, 1.165) is 45.1 Å². The van der Waals surface area contributed by atoms with E-state index in [1.54, 1.807) is 37.5 Å². The highest BCUT2D eigenvalue weighted by Crippen LogP contribution is 2.34. The average Bonchev–Trinajstić information content (AvgIpc) is 3.38. The highest BCUT2D eigenvalue weighted by molar-refractivity contribution is 8.18. The Morgan fingerprint density at radius 3 is 2.17 bits per heavy atom. The van der Waals surface area contributed by atoms with Crippen LogP contribution in [0.4, 0.5) is 10.5 Å². The molecule has 4 aromatic rings. The highest BCUT2D eigenvalue weighted by Gasteiger charge is 2.36. The summed E-state index contributed by atoms with van der Waals surface area (Å²) in [5, 5.41) is 2.23. The summed E-state index contributed by atoms with van der Waals surface area (Å²) in [6.07, 6.45) is 1.71. The number of methoxy groups -OCH3 is 1. The fourth-order valence-corrected chi connectivity index (χ4v) is 5.25. The first-order chi connectivity index (χ1) is 19.3. The van der Waals surface area contributed by atoms with Gasteiger partial charge in [-0.25, -0.2) is 0 Å². The topological polar surface area (TPSA) is 89.9 Å². The molecule has 3 aromatic carbocycles. The van der Waals surface area contributed by atoms with Gasteiger partial charge < -0.3 is 19.4 Å². The van der Waals surface area contributed by atoms with Crippen molar-refractivity contribution in [1.82, 2.24) is 9.47 Å². The van der Waals surface area contributed by atoms with Gasteiger partial charge in [-0.1, -0.05) is 18.2 Å². The number of imide groups is 1. The molecule has 1 aromatic heterocycles. The minimum atomic E-state index is -0.483. The molecule has 1 saturated heterocycles. The summed E-state index contributed by atoms with van der Waals surface area (Å²) in [7, 11) is 1.62. The van der Waals surface area contributed by atoms with Gasteiger partial charge in [0, 0.05) is 22.8 Å². The van der Waals surface area contributed by atoms with E-state index in [1.807, 2.05) is 74.5 Å². The number of anilines is 1. The second kappa shape index (κ2) is 11.5. The van der Waals surface area contributed by atoms with Gasteiger partial charge >= 0.3 is 0 Å². The Bertz CT molecular complexity index is 1590. The number of nitrogens with one attached hydrogen (secondary N) is 1. The number of rotatable bonds is 8. The molecule has 1 aliphatic heterocycles. The lowest BCUT2D eigenvalue weighted by atomic mass is 10.2. The first kappa shape index (κ1) is 26.8. The van der Waals surface area contributed by atoms with Crippen molar-refractivity contribution in [1.29, 1.82) is 0 Å². The molecular formula is C31H27N3O5S. The van der Waals surface area contributed by atoms with Crippen LogP contribution >= 0.6 is 11.8 Å². The minimum absolute atomic E-state index is 0.279. The second-order valence-electron chi connectivity index (χ2n) is 9.12. The molecule has 202 valence electrons. The standard InChI is InChI=1S/C31H27N3O5S/c1-20-17-22(18-28-30(36)33(31(37)40-28)19-29(35)32-23-7-5-4-6-8-23)21(2)34(20)24-9-11-26(12-10-24)39-27-15-13-25(38-3)14-16-27/h4-18H,19H2,1-3H3,(H,32,35)/b28-18-. The lowest BCUT2D eigenvalue weighted by Crippen LogP contribution is -2.36. The van der Waals surface area contributed by atoms with Crippen LogP contribution in [0, 0.1) is 13.8 Å². The van der Waals surface area contributed by atoms with E-state index >= 15 is 0 Å². The van der Waals surface area contributed by atoms with Gasteiger partial charge in [0.15, 0.2) is 0 Å². The summed E-state index contributed by atoms with van der Waals surface area (Å²) in [5.74, 6) is 1.24. The zero-order valence-corrected chi connectivity index (χ0v) is 23.0. The van der Waals surface area contributed by atoms with Gasteiger partial charge in [-0.3, -0.25) is 19.3 Å². The number of carbonyl (C=O) groups is 3. The Balaban J connectivity index is 1.29. The molecule has 2 heterocycles. The molecule has 0 radical (unpaired) electrons. The third-order valence-electron chi connectivity index (χ3n) is 6.38. The molecule has 9 heteroatoms. The van der Waals surface area contributed by atoms with Crippen LogP contribution in [0.25, 0.3) is 11.8 Å². The molecule has 5 rings (SSSR count). The third kappa shape index (κ3) is 5.79. The van der Waals surface area contributed by atoms with Gasteiger partial charge in [-0.05, 0) is 104 Å². The number of ether oxygens (including phenoxy) is 2. The minimum Gasteiger partial charge on any atom is -0.497 e. The van der Waals surface area contributed by atoms with E-state index in [4.69, 9.17) is 9.47 Å². The number of aryl methyl sites for hydroxylation is 1. The van der Waals surface area contributed by atoms with E-state index < -0.39 is 17.1 Å². The molecule has 3 amide bonds. The normalized spacial score (nSPS) is 14.1. The number of para-hydroxylation sites is 1. The van der Waals surface area contributed by atoms with Crippen LogP contribution in [0.15, 0.2) is 89.8 Å². The number of thioether (sulfide) groups is 1. The molecule has 1 aliphatic rings.